The van der Waals surface area contributed by atoms with E-state index in [2.05, 4.69) is 10.6 Å². The first-order valence-corrected chi connectivity index (χ1v) is 24.1. The highest BCUT2D eigenvalue weighted by Crippen LogP contribution is 2.44. The zero-order valence-electron chi connectivity index (χ0n) is 30.3. The van der Waals surface area contributed by atoms with E-state index in [4.69, 9.17) is 36.1 Å². The molecule has 6 amide bonds. The Labute approximate surface area is 312 Å². The van der Waals surface area contributed by atoms with Gasteiger partial charge in [0.1, 0.15) is 0 Å². The SMILES string of the molecule is CO[Si]1(CCCNC(=O)CCN2C(=O)C=CC2=O)OC2CCCCC3O[Si](CCCNC(=O)CCN4C(=O)C=CC4=O)(OC)O[Si](CCCN)(OC23)O1. The smallest absolute Gasteiger partial charge is 0.377 e. The Bertz CT molecular complexity index is 1320. The van der Waals surface area contributed by atoms with Crippen molar-refractivity contribution in [1.82, 2.24) is 20.4 Å². The van der Waals surface area contributed by atoms with Crippen LogP contribution >= 0.6 is 0 Å². The van der Waals surface area contributed by atoms with Crippen LogP contribution in [0.15, 0.2) is 24.3 Å². The van der Waals surface area contributed by atoms with Crippen LogP contribution in [0.4, 0.5) is 0 Å². The third-order valence-corrected chi connectivity index (χ3v) is 20.8. The normalized spacial score (nSPS) is 31.1. The van der Waals surface area contributed by atoms with Crippen molar-refractivity contribution < 1.29 is 59.1 Å². The van der Waals surface area contributed by atoms with E-state index in [1.54, 1.807) is 14.2 Å². The average Bonchev–Trinajstić information content (AvgIpc) is 3.45. The minimum atomic E-state index is -3.68. The number of carbonyl (C=O) groups is 6. The maximum atomic E-state index is 12.6. The van der Waals surface area contributed by atoms with Crippen molar-refractivity contribution in [2.24, 2.45) is 5.73 Å². The van der Waals surface area contributed by atoms with E-state index in [1.807, 2.05) is 0 Å². The molecule has 4 N–H and O–H groups in total. The lowest BCUT2D eigenvalue weighted by Gasteiger charge is -2.39. The van der Waals surface area contributed by atoms with Crippen molar-refractivity contribution in [2.75, 3.05) is 46.9 Å². The van der Waals surface area contributed by atoms with E-state index in [1.165, 1.54) is 24.3 Å². The minimum Gasteiger partial charge on any atom is -0.377 e. The molecule has 0 aromatic heterocycles. The molecule has 5 aliphatic rings. The molecule has 21 heteroatoms. The van der Waals surface area contributed by atoms with Gasteiger partial charge in [-0.2, -0.15) is 0 Å². The first-order valence-electron chi connectivity index (χ1n) is 18.3. The predicted molar refractivity (Wildman–Crippen MR) is 191 cm³/mol. The number of hydrogen-bond acceptors (Lipinski definition) is 14. The van der Waals surface area contributed by atoms with Crippen LogP contribution in [0, 0.1) is 0 Å². The first kappa shape index (κ1) is 41.2. The van der Waals surface area contributed by atoms with E-state index >= 15 is 0 Å². The minimum absolute atomic E-state index is 0.00573. The van der Waals surface area contributed by atoms with Gasteiger partial charge in [-0.25, -0.2) is 0 Å². The maximum Gasteiger partial charge on any atom is 0.493 e. The Morgan fingerprint density at radius 2 is 1.15 bits per heavy atom. The Kier molecular flexibility index (Phi) is 14.4. The highest BCUT2D eigenvalue weighted by molar-refractivity contribution is 6.81. The lowest BCUT2D eigenvalue weighted by molar-refractivity contribution is -0.139. The molecule has 4 aliphatic heterocycles. The second kappa shape index (κ2) is 18.6. The largest absolute Gasteiger partial charge is 0.493 e. The molecule has 4 atom stereocenters. The summed E-state index contributed by atoms with van der Waals surface area (Å²) in [5.74, 6) is -2.34. The van der Waals surface area contributed by atoms with E-state index < -0.39 is 68.4 Å². The molecule has 4 unspecified atom stereocenters. The van der Waals surface area contributed by atoms with Gasteiger partial charge >= 0.3 is 26.4 Å². The van der Waals surface area contributed by atoms with Crippen LogP contribution in [0.1, 0.15) is 57.8 Å². The molecule has 18 nitrogen and oxygen atoms in total. The van der Waals surface area contributed by atoms with Crippen molar-refractivity contribution in [3.63, 3.8) is 0 Å². The van der Waals surface area contributed by atoms with Crippen molar-refractivity contribution in [3.8, 4) is 0 Å². The third-order valence-electron chi connectivity index (χ3n) is 9.76. The van der Waals surface area contributed by atoms with Crippen LogP contribution in [0.5, 0.6) is 0 Å². The highest BCUT2D eigenvalue weighted by atomic mass is 28.5. The molecule has 0 radical (unpaired) electrons. The number of imide groups is 2. The molecule has 0 spiro atoms. The van der Waals surface area contributed by atoms with E-state index in [0.717, 1.165) is 22.6 Å². The molecule has 0 aromatic rings. The number of nitrogens with two attached hydrogens (primary N) is 1. The summed E-state index contributed by atoms with van der Waals surface area (Å²) in [4.78, 5) is 74.5. The molecule has 3 fully saturated rings. The van der Waals surface area contributed by atoms with Gasteiger partial charge in [-0.1, -0.05) is 12.8 Å². The Morgan fingerprint density at radius 3 is 1.55 bits per heavy atom. The Morgan fingerprint density at radius 1 is 0.717 bits per heavy atom. The summed E-state index contributed by atoms with van der Waals surface area (Å²) in [6.07, 6.45) is 8.02. The van der Waals surface area contributed by atoms with Crippen molar-refractivity contribution in [2.45, 2.75) is 94.2 Å². The third kappa shape index (κ3) is 10.4. The summed E-state index contributed by atoms with van der Waals surface area (Å²) in [6.45, 7) is 0.919. The molecule has 1 saturated carbocycles. The second-order valence-corrected chi connectivity index (χ2v) is 22.2. The summed E-state index contributed by atoms with van der Waals surface area (Å²) in [6, 6.07) is 1.09. The van der Waals surface area contributed by atoms with Crippen LogP contribution < -0.4 is 16.4 Å². The van der Waals surface area contributed by atoms with Gasteiger partial charge in [0, 0.05) is 95.7 Å². The molecule has 0 aromatic carbocycles. The summed E-state index contributed by atoms with van der Waals surface area (Å²) in [5, 5.41) is 5.70. The van der Waals surface area contributed by atoms with Crippen molar-refractivity contribution in [3.05, 3.63) is 24.3 Å². The van der Waals surface area contributed by atoms with E-state index in [0.29, 0.717) is 56.8 Å². The van der Waals surface area contributed by atoms with Gasteiger partial charge in [-0.3, -0.25) is 38.6 Å². The number of nitrogens with one attached hydrogen (secondary N) is 2. The lowest BCUT2D eigenvalue weighted by Crippen LogP contribution is -2.62. The van der Waals surface area contributed by atoms with Crippen LogP contribution in [-0.4, -0.2) is 137 Å². The summed E-state index contributed by atoms with van der Waals surface area (Å²) in [5.41, 5.74) is 6.00. The van der Waals surface area contributed by atoms with Gasteiger partial charge in [0.2, 0.25) is 11.8 Å². The molecule has 53 heavy (non-hydrogen) atoms. The van der Waals surface area contributed by atoms with Gasteiger partial charge in [-0.15, -0.1) is 0 Å². The van der Waals surface area contributed by atoms with Crippen LogP contribution in [-0.2, 0) is 59.1 Å². The molecule has 4 heterocycles. The molecule has 5 rings (SSSR count). The van der Waals surface area contributed by atoms with E-state index in [9.17, 15) is 28.8 Å². The fraction of sp³-hybridized carbons (Fsp3) is 0.688. The van der Waals surface area contributed by atoms with Crippen molar-refractivity contribution in [1.29, 1.82) is 0 Å². The summed E-state index contributed by atoms with van der Waals surface area (Å²) in [7, 11) is -7.61. The lowest BCUT2D eigenvalue weighted by atomic mass is 10.1. The zero-order valence-corrected chi connectivity index (χ0v) is 33.3. The molecular formula is C32H51N5O13Si3. The highest BCUT2D eigenvalue weighted by Gasteiger charge is 2.66. The number of hydrogen-bond donors (Lipinski definition) is 3. The van der Waals surface area contributed by atoms with Crippen LogP contribution in [0.25, 0.3) is 0 Å². The maximum absolute atomic E-state index is 12.6. The van der Waals surface area contributed by atoms with Gasteiger partial charge in [0.15, 0.2) is 0 Å². The molecule has 1 aliphatic carbocycles. The number of amides is 6. The summed E-state index contributed by atoms with van der Waals surface area (Å²) >= 11 is 0. The number of carbonyl (C=O) groups excluding carboxylic acids is 6. The zero-order chi connectivity index (χ0) is 38.1. The fourth-order valence-electron chi connectivity index (χ4n) is 6.98. The Balaban J connectivity index is 1.24. The number of fused-ring (bicyclic) bond motifs is 1. The molecule has 294 valence electrons. The first-order chi connectivity index (χ1) is 25.5. The second-order valence-electron chi connectivity index (χ2n) is 13.5. The fourth-order valence-corrected chi connectivity index (χ4v) is 19.3. The van der Waals surface area contributed by atoms with Gasteiger partial charge in [-0.05, 0) is 38.6 Å². The van der Waals surface area contributed by atoms with Gasteiger partial charge < -0.3 is 46.7 Å². The number of rotatable bonds is 19. The van der Waals surface area contributed by atoms with E-state index in [-0.39, 0.29) is 50.8 Å². The number of nitrogens with zero attached hydrogens (tertiary/aromatic N) is 2. The Hall–Kier alpha value is -2.97. The standard InChI is InChI=1S/C32H51N5O13Si3/c1-44-51(22-6-17-34-26(38)14-19-36-28(40)10-11-29(36)41)46-24-8-3-4-9-25-32(24)48-53(49-51,21-5-16-33)50-52(45-2,47-25)23-7-18-35-27(39)15-20-37-30(42)12-13-31(37)43/h10-13,24-25,32H,3-9,14-23,33H2,1-2H3,(H,34,38)(H,35,39). The van der Waals surface area contributed by atoms with Gasteiger partial charge in [0.05, 0.1) is 18.3 Å². The quantitative estimate of drug-likeness (QED) is 0.0881. The molecule has 2 bridgehead atoms. The van der Waals surface area contributed by atoms with Crippen LogP contribution in [0.2, 0.25) is 18.1 Å². The van der Waals surface area contributed by atoms with Gasteiger partial charge in [0.25, 0.3) is 23.6 Å². The van der Waals surface area contributed by atoms with Crippen LogP contribution in [0.3, 0.4) is 0 Å². The monoisotopic (exact) mass is 797 g/mol. The van der Waals surface area contributed by atoms with Crippen molar-refractivity contribution >= 4 is 61.9 Å². The average molecular weight is 798 g/mol. The molecular weight excluding hydrogens is 747 g/mol. The molecule has 2 saturated heterocycles. The predicted octanol–water partition coefficient (Wildman–Crippen LogP) is -0.122. The summed E-state index contributed by atoms with van der Waals surface area (Å²) < 4.78 is 46.8. The topological polar surface area (TPSA) is 224 Å².